The van der Waals surface area contributed by atoms with Crippen molar-refractivity contribution in [1.82, 2.24) is 0 Å². The highest BCUT2D eigenvalue weighted by Gasteiger charge is 2.52. The highest BCUT2D eigenvalue weighted by molar-refractivity contribution is 7.82. The minimum Gasteiger partial charge on any atom is -0.392 e. The number of esters is 2. The molecule has 1 saturated heterocycles. The second-order valence-electron chi connectivity index (χ2n) is 2.96. The fraction of sp³-hybridized carbons (Fsp3) is 0.500. The molecule has 0 aromatic heterocycles. The maximum Gasteiger partial charge on any atom is 0.330 e. The number of rotatable bonds is 2. The quantitative estimate of drug-likeness (QED) is 0.394. The summed E-state index contributed by atoms with van der Waals surface area (Å²) in [6.07, 6.45) is -0.0451. The van der Waals surface area contributed by atoms with Crippen molar-refractivity contribution >= 4 is 46.1 Å². The van der Waals surface area contributed by atoms with E-state index in [1.165, 1.54) is 0 Å². The van der Waals surface area contributed by atoms with E-state index in [1.54, 1.807) is 13.8 Å². The second-order valence-corrected chi connectivity index (χ2v) is 4.18. The van der Waals surface area contributed by atoms with Gasteiger partial charge in [0.05, 0.1) is 6.42 Å². The number of carbonyl (C=O) groups excluding carboxylic acids is 2. The summed E-state index contributed by atoms with van der Waals surface area (Å²) in [5.41, 5.74) is -1.12. The number of cyclic esters (lactones) is 2. The number of thiocarbonyl (C=S) groups is 2. The molecule has 1 rings (SSSR count). The molecule has 3 nitrogen and oxygen atoms in total. The minimum atomic E-state index is -1.12. The van der Waals surface area contributed by atoms with Crippen molar-refractivity contribution in [3.63, 3.8) is 0 Å². The van der Waals surface area contributed by atoms with Crippen LogP contribution in [0.1, 0.15) is 20.3 Å². The molecule has 0 saturated carbocycles. The highest BCUT2D eigenvalue weighted by Crippen LogP contribution is 2.34. The van der Waals surface area contributed by atoms with Gasteiger partial charge in [-0.25, -0.2) is 0 Å². The lowest BCUT2D eigenvalue weighted by Gasteiger charge is -2.20. The Hall–Kier alpha value is -0.680. The summed E-state index contributed by atoms with van der Waals surface area (Å²) < 4.78 is 4.45. The Kier molecular flexibility index (Phi) is 2.58. The molecule has 0 N–H and O–H groups in total. The molecule has 70 valence electrons. The van der Waals surface area contributed by atoms with Crippen LogP contribution >= 0.6 is 24.4 Å². The third-order valence-electron chi connectivity index (χ3n) is 2.17. The van der Waals surface area contributed by atoms with Crippen molar-refractivity contribution in [2.45, 2.75) is 20.3 Å². The fourth-order valence-electron chi connectivity index (χ4n) is 1.30. The third kappa shape index (κ3) is 1.42. The Morgan fingerprint density at radius 3 is 1.92 bits per heavy atom. The minimum absolute atomic E-state index is 0.0451. The first kappa shape index (κ1) is 10.4. The van der Waals surface area contributed by atoms with E-state index in [-0.39, 0.29) is 6.42 Å². The number of ether oxygens (including phenoxy) is 1. The Bertz CT molecular complexity index is 305. The van der Waals surface area contributed by atoms with E-state index in [9.17, 15) is 9.59 Å². The molecular weight excluding hydrogens is 208 g/mol. The Labute approximate surface area is 86.4 Å². The van der Waals surface area contributed by atoms with Crippen LogP contribution in [0.5, 0.6) is 0 Å². The molecule has 0 aromatic carbocycles. The predicted octanol–water partition coefficient (Wildman–Crippen LogP) is 1.23. The van der Waals surface area contributed by atoms with Gasteiger partial charge in [0, 0.05) is 9.73 Å². The van der Waals surface area contributed by atoms with E-state index in [2.05, 4.69) is 4.74 Å². The van der Waals surface area contributed by atoms with Gasteiger partial charge in [0.15, 0.2) is 0 Å². The van der Waals surface area contributed by atoms with Gasteiger partial charge in [0.2, 0.25) is 0 Å². The van der Waals surface area contributed by atoms with Crippen molar-refractivity contribution in [3.05, 3.63) is 0 Å². The van der Waals surface area contributed by atoms with Gasteiger partial charge in [-0.3, -0.25) is 9.59 Å². The van der Waals surface area contributed by atoms with Gasteiger partial charge >= 0.3 is 11.9 Å². The summed E-state index contributed by atoms with van der Waals surface area (Å²) in [7, 11) is 0. The van der Waals surface area contributed by atoms with E-state index in [1.807, 2.05) is 0 Å². The van der Waals surface area contributed by atoms with Gasteiger partial charge in [-0.15, -0.1) is 0 Å². The number of carbonyl (C=O) groups is 2. The fourth-order valence-corrected chi connectivity index (χ4v) is 1.98. The first-order valence-electron chi connectivity index (χ1n) is 3.68. The van der Waals surface area contributed by atoms with Crippen molar-refractivity contribution in [1.29, 1.82) is 0 Å². The second kappa shape index (κ2) is 3.23. The standard InChI is InChI=1S/C8H8O3S2/c1-4(12)8(5(2)13)3-6(9)11-7(8)10/h3H2,1-2H3. The van der Waals surface area contributed by atoms with E-state index >= 15 is 0 Å². The molecule has 1 aliphatic heterocycles. The molecule has 0 radical (unpaired) electrons. The summed E-state index contributed by atoms with van der Waals surface area (Å²) in [6, 6.07) is 0. The smallest absolute Gasteiger partial charge is 0.330 e. The van der Waals surface area contributed by atoms with Crippen LogP contribution in [0.25, 0.3) is 0 Å². The van der Waals surface area contributed by atoms with Crippen LogP contribution in [0.15, 0.2) is 0 Å². The topological polar surface area (TPSA) is 43.4 Å². The van der Waals surface area contributed by atoms with Gasteiger partial charge in [0.25, 0.3) is 0 Å². The third-order valence-corrected chi connectivity index (χ3v) is 2.86. The van der Waals surface area contributed by atoms with Gasteiger partial charge in [-0.2, -0.15) is 0 Å². The van der Waals surface area contributed by atoms with Crippen LogP contribution in [0.2, 0.25) is 0 Å². The monoisotopic (exact) mass is 216 g/mol. The molecule has 0 bridgehead atoms. The Morgan fingerprint density at radius 2 is 1.77 bits per heavy atom. The van der Waals surface area contributed by atoms with Crippen LogP contribution in [-0.4, -0.2) is 21.7 Å². The predicted molar refractivity (Wildman–Crippen MR) is 54.7 cm³/mol. The van der Waals surface area contributed by atoms with Crippen molar-refractivity contribution < 1.29 is 14.3 Å². The van der Waals surface area contributed by atoms with Crippen molar-refractivity contribution in [2.24, 2.45) is 5.41 Å². The summed E-state index contributed by atoms with van der Waals surface area (Å²) in [6.45, 7) is 3.20. The summed E-state index contributed by atoms with van der Waals surface area (Å²) in [5, 5.41) is 0. The lowest BCUT2D eigenvalue weighted by molar-refractivity contribution is -0.153. The van der Waals surface area contributed by atoms with Gasteiger partial charge < -0.3 is 4.74 Å². The number of hydrogen-bond acceptors (Lipinski definition) is 5. The first-order chi connectivity index (χ1) is 5.91. The lowest BCUT2D eigenvalue weighted by Crippen LogP contribution is -2.38. The summed E-state index contributed by atoms with van der Waals surface area (Å²) >= 11 is 9.87. The van der Waals surface area contributed by atoms with E-state index in [0.29, 0.717) is 9.73 Å². The molecule has 1 fully saturated rings. The SMILES string of the molecule is CC(=S)C1(C(C)=S)CC(=O)OC1=O. The molecular formula is C8H8O3S2. The molecule has 0 spiro atoms. The van der Waals surface area contributed by atoms with E-state index < -0.39 is 17.4 Å². The molecule has 0 atom stereocenters. The van der Waals surface area contributed by atoms with E-state index in [0.717, 1.165) is 0 Å². The van der Waals surface area contributed by atoms with E-state index in [4.69, 9.17) is 24.4 Å². The molecule has 0 aliphatic carbocycles. The average molecular weight is 216 g/mol. The van der Waals surface area contributed by atoms with Crippen LogP contribution in [-0.2, 0) is 14.3 Å². The van der Waals surface area contributed by atoms with Crippen LogP contribution in [0.3, 0.4) is 0 Å². The first-order valence-corrected chi connectivity index (χ1v) is 4.50. The van der Waals surface area contributed by atoms with Crippen molar-refractivity contribution in [2.75, 3.05) is 0 Å². The molecule has 13 heavy (non-hydrogen) atoms. The maximum atomic E-state index is 11.4. The lowest BCUT2D eigenvalue weighted by atomic mass is 9.80. The summed E-state index contributed by atoms with van der Waals surface area (Å²) in [4.78, 5) is 23.1. The zero-order chi connectivity index (χ0) is 10.2. The molecule has 0 aromatic rings. The zero-order valence-corrected chi connectivity index (χ0v) is 8.88. The Morgan fingerprint density at radius 1 is 1.31 bits per heavy atom. The van der Waals surface area contributed by atoms with Gasteiger partial charge in [-0.1, -0.05) is 24.4 Å². The zero-order valence-electron chi connectivity index (χ0n) is 7.25. The molecule has 1 heterocycles. The maximum absolute atomic E-state index is 11.4. The normalized spacial score (nSPS) is 19.8. The molecule has 1 aliphatic rings. The van der Waals surface area contributed by atoms with Gasteiger partial charge in [-0.05, 0) is 13.8 Å². The summed E-state index contributed by atoms with van der Waals surface area (Å²) in [5.74, 6) is -1.18. The molecule has 5 heteroatoms. The van der Waals surface area contributed by atoms with Crippen LogP contribution in [0.4, 0.5) is 0 Å². The average Bonchev–Trinajstić information content (AvgIpc) is 2.26. The Balaban J connectivity index is 3.20. The largest absolute Gasteiger partial charge is 0.392 e. The van der Waals surface area contributed by atoms with Crippen LogP contribution < -0.4 is 0 Å². The highest BCUT2D eigenvalue weighted by atomic mass is 32.1. The molecule has 0 amide bonds. The van der Waals surface area contributed by atoms with Crippen molar-refractivity contribution in [3.8, 4) is 0 Å². The van der Waals surface area contributed by atoms with Crippen LogP contribution in [0, 0.1) is 5.41 Å². The number of hydrogen-bond donors (Lipinski definition) is 0. The molecule has 0 unspecified atom stereocenters. The van der Waals surface area contributed by atoms with Gasteiger partial charge in [0.1, 0.15) is 5.41 Å².